The molecule has 41 heavy (non-hydrogen) atoms. The molecular weight excluding hydrogens is 529 g/mol. The molecule has 1 amide bonds. The monoisotopic (exact) mass is 564 g/mol. The van der Waals surface area contributed by atoms with Crippen molar-refractivity contribution in [2.24, 2.45) is 0 Å². The lowest BCUT2D eigenvalue weighted by Gasteiger charge is -2.17. The lowest BCUT2D eigenvalue weighted by Crippen LogP contribution is -2.26. The molecule has 0 spiro atoms. The van der Waals surface area contributed by atoms with Crippen LogP contribution in [0.15, 0.2) is 60.7 Å². The summed E-state index contributed by atoms with van der Waals surface area (Å²) in [6.07, 6.45) is -4.92. The Kier molecular flexibility index (Phi) is 8.61. The number of fused-ring (bicyclic) bond motifs is 1. The minimum atomic E-state index is -4.57. The molecule has 0 aliphatic heterocycles. The van der Waals surface area contributed by atoms with E-state index >= 15 is 0 Å². The van der Waals surface area contributed by atoms with E-state index in [0.717, 1.165) is 39.9 Å². The predicted octanol–water partition coefficient (Wildman–Crippen LogP) is 7.91. The zero-order valence-electron chi connectivity index (χ0n) is 24.1. The minimum Gasteiger partial charge on any atom is -0.483 e. The number of carbonyl (C=O) groups excluding carboxylic acids is 2. The average molecular weight is 565 g/mol. The lowest BCUT2D eigenvalue weighted by atomic mass is 9.98. The summed E-state index contributed by atoms with van der Waals surface area (Å²) in [6.45, 7) is 11.7. The standard InChI is InChI=1S/C33H35F3N2O3/c1-19(2)25-8-7-9-26(14-25)22(5)37-32(40)27-10-11-31-30(15-27)21(4)23(6)38(31)17-24-12-28(33(34,35)36)16-29(13-24)41-20(3)18-39/h7-16,18-20,22H,17H2,1-6H3,(H,37,40)/t20-,22-/m0/s1. The summed E-state index contributed by atoms with van der Waals surface area (Å²) in [4.78, 5) is 24.2. The van der Waals surface area contributed by atoms with Crippen molar-refractivity contribution in [3.63, 3.8) is 0 Å². The zero-order valence-corrected chi connectivity index (χ0v) is 24.1. The third kappa shape index (κ3) is 6.64. The summed E-state index contributed by atoms with van der Waals surface area (Å²) in [7, 11) is 0. The van der Waals surface area contributed by atoms with Crippen LogP contribution in [0.2, 0.25) is 0 Å². The van der Waals surface area contributed by atoms with E-state index in [0.29, 0.717) is 23.3 Å². The van der Waals surface area contributed by atoms with Crippen LogP contribution in [0.5, 0.6) is 5.75 Å². The highest BCUT2D eigenvalue weighted by atomic mass is 19.4. The van der Waals surface area contributed by atoms with Crippen LogP contribution in [-0.2, 0) is 17.5 Å². The molecule has 0 aliphatic rings. The molecule has 4 aromatic rings. The molecule has 0 aliphatic carbocycles. The Morgan fingerprint density at radius 3 is 2.34 bits per heavy atom. The van der Waals surface area contributed by atoms with Gasteiger partial charge in [0, 0.05) is 28.7 Å². The number of aryl methyl sites for hydroxylation is 1. The second kappa shape index (κ2) is 11.8. The highest BCUT2D eigenvalue weighted by molar-refractivity contribution is 5.99. The summed E-state index contributed by atoms with van der Waals surface area (Å²) in [5.41, 5.74) is 4.87. The van der Waals surface area contributed by atoms with Gasteiger partial charge in [0.25, 0.3) is 5.91 Å². The van der Waals surface area contributed by atoms with E-state index in [1.54, 1.807) is 6.07 Å². The smallest absolute Gasteiger partial charge is 0.416 e. The number of hydrogen-bond acceptors (Lipinski definition) is 3. The van der Waals surface area contributed by atoms with Gasteiger partial charge in [-0.2, -0.15) is 13.2 Å². The van der Waals surface area contributed by atoms with Crippen molar-refractivity contribution < 1.29 is 27.5 Å². The number of alkyl halides is 3. The molecule has 0 radical (unpaired) electrons. The molecule has 5 nitrogen and oxygen atoms in total. The molecule has 1 aromatic heterocycles. The van der Waals surface area contributed by atoms with E-state index in [9.17, 15) is 22.8 Å². The van der Waals surface area contributed by atoms with Gasteiger partial charge in [-0.05, 0) is 92.3 Å². The van der Waals surface area contributed by atoms with Crippen molar-refractivity contribution >= 4 is 23.1 Å². The molecule has 216 valence electrons. The first-order valence-electron chi connectivity index (χ1n) is 13.6. The number of amides is 1. The Morgan fingerprint density at radius 1 is 0.976 bits per heavy atom. The second-order valence-corrected chi connectivity index (χ2v) is 10.9. The molecule has 0 bridgehead atoms. The number of aromatic nitrogens is 1. The fourth-order valence-electron chi connectivity index (χ4n) is 4.95. The van der Waals surface area contributed by atoms with Crippen LogP contribution >= 0.6 is 0 Å². The molecule has 0 saturated carbocycles. The topological polar surface area (TPSA) is 60.3 Å². The van der Waals surface area contributed by atoms with E-state index < -0.39 is 17.8 Å². The highest BCUT2D eigenvalue weighted by Crippen LogP contribution is 2.34. The summed E-state index contributed by atoms with van der Waals surface area (Å²) < 4.78 is 48.3. The van der Waals surface area contributed by atoms with Gasteiger partial charge in [-0.1, -0.05) is 38.1 Å². The normalized spacial score (nSPS) is 13.3. The lowest BCUT2D eigenvalue weighted by molar-refractivity contribution is -0.137. The minimum absolute atomic E-state index is 0.0210. The number of nitrogens with one attached hydrogen (secondary N) is 1. The van der Waals surface area contributed by atoms with Crippen LogP contribution in [-0.4, -0.2) is 22.9 Å². The van der Waals surface area contributed by atoms with Gasteiger partial charge >= 0.3 is 6.18 Å². The first kappa shape index (κ1) is 29.9. The van der Waals surface area contributed by atoms with Crippen LogP contribution in [0.3, 0.4) is 0 Å². The Balaban J connectivity index is 1.64. The van der Waals surface area contributed by atoms with E-state index in [-0.39, 0.29) is 24.2 Å². The average Bonchev–Trinajstić information content (AvgIpc) is 3.16. The van der Waals surface area contributed by atoms with E-state index in [1.165, 1.54) is 18.6 Å². The SMILES string of the molecule is Cc1c(C)n(Cc2cc(O[C@@H](C)C=O)cc(C(F)(F)F)c2)c2ccc(C(=O)N[C@@H](C)c3cccc(C(C)C)c3)cc12. The van der Waals surface area contributed by atoms with Gasteiger partial charge in [0.15, 0.2) is 12.4 Å². The molecule has 3 aromatic carbocycles. The van der Waals surface area contributed by atoms with Crippen LogP contribution in [0.25, 0.3) is 10.9 Å². The van der Waals surface area contributed by atoms with E-state index in [2.05, 4.69) is 31.3 Å². The molecule has 0 unspecified atom stereocenters. The number of ether oxygens (including phenoxy) is 1. The van der Waals surface area contributed by atoms with Crippen LogP contribution in [0.1, 0.15) is 83.5 Å². The van der Waals surface area contributed by atoms with Crippen molar-refractivity contribution in [2.45, 2.75) is 72.3 Å². The third-order valence-corrected chi connectivity index (χ3v) is 7.47. The quantitative estimate of drug-likeness (QED) is 0.210. The van der Waals surface area contributed by atoms with Gasteiger partial charge < -0.3 is 14.6 Å². The maximum absolute atomic E-state index is 13.6. The molecule has 1 heterocycles. The fraction of sp³-hybridized carbons (Fsp3) is 0.333. The maximum atomic E-state index is 13.6. The Bertz CT molecular complexity index is 1590. The number of rotatable bonds is 9. The summed E-state index contributed by atoms with van der Waals surface area (Å²) >= 11 is 0. The number of halogens is 3. The van der Waals surface area contributed by atoms with Gasteiger partial charge in [-0.3, -0.25) is 9.59 Å². The molecule has 0 saturated heterocycles. The maximum Gasteiger partial charge on any atom is 0.416 e. The summed E-state index contributed by atoms with van der Waals surface area (Å²) in [6, 6.07) is 16.9. The van der Waals surface area contributed by atoms with Crippen molar-refractivity contribution in [3.05, 3.63) is 99.7 Å². The highest BCUT2D eigenvalue weighted by Gasteiger charge is 2.32. The third-order valence-electron chi connectivity index (χ3n) is 7.47. The van der Waals surface area contributed by atoms with Crippen LogP contribution in [0.4, 0.5) is 13.2 Å². The van der Waals surface area contributed by atoms with Crippen LogP contribution < -0.4 is 10.1 Å². The number of hydrogen-bond donors (Lipinski definition) is 1. The molecule has 2 atom stereocenters. The van der Waals surface area contributed by atoms with Gasteiger partial charge in [-0.15, -0.1) is 0 Å². The van der Waals surface area contributed by atoms with E-state index in [1.807, 2.05) is 49.6 Å². The van der Waals surface area contributed by atoms with Crippen molar-refractivity contribution in [3.8, 4) is 5.75 Å². The number of benzene rings is 3. The van der Waals surface area contributed by atoms with E-state index in [4.69, 9.17) is 4.74 Å². The molecule has 1 N–H and O–H groups in total. The number of nitrogens with zero attached hydrogens (tertiary/aromatic N) is 1. The Labute approximate surface area is 238 Å². The Hall–Kier alpha value is -4.07. The van der Waals surface area contributed by atoms with Gasteiger partial charge in [0.2, 0.25) is 0 Å². The first-order chi connectivity index (χ1) is 19.3. The summed E-state index contributed by atoms with van der Waals surface area (Å²) in [5.74, 6) is 0.154. The largest absolute Gasteiger partial charge is 0.483 e. The fourth-order valence-corrected chi connectivity index (χ4v) is 4.95. The second-order valence-electron chi connectivity index (χ2n) is 10.9. The van der Waals surface area contributed by atoms with Gasteiger partial charge in [0.1, 0.15) is 5.75 Å². The molecular formula is C33H35F3N2O3. The molecule has 8 heteroatoms. The number of carbonyl (C=O) groups is 2. The van der Waals surface area contributed by atoms with Crippen molar-refractivity contribution in [1.82, 2.24) is 9.88 Å². The van der Waals surface area contributed by atoms with Crippen molar-refractivity contribution in [1.29, 1.82) is 0 Å². The van der Waals surface area contributed by atoms with Gasteiger partial charge in [-0.25, -0.2) is 0 Å². The van der Waals surface area contributed by atoms with Crippen molar-refractivity contribution in [2.75, 3.05) is 0 Å². The zero-order chi connectivity index (χ0) is 30.1. The molecule has 0 fully saturated rings. The van der Waals surface area contributed by atoms with Crippen LogP contribution in [0, 0.1) is 13.8 Å². The molecule has 4 rings (SSSR count). The Morgan fingerprint density at radius 2 is 1.68 bits per heavy atom. The predicted molar refractivity (Wildman–Crippen MR) is 155 cm³/mol. The summed E-state index contributed by atoms with van der Waals surface area (Å²) in [5, 5.41) is 3.93. The van der Waals surface area contributed by atoms with Gasteiger partial charge in [0.05, 0.1) is 11.6 Å². The first-order valence-corrected chi connectivity index (χ1v) is 13.6. The number of aldehydes is 1.